The van der Waals surface area contributed by atoms with Crippen LogP contribution >= 0.6 is 15.9 Å². The van der Waals surface area contributed by atoms with Gasteiger partial charge in [0.1, 0.15) is 5.82 Å². The van der Waals surface area contributed by atoms with Crippen molar-refractivity contribution in [1.82, 2.24) is 0 Å². The maximum absolute atomic E-state index is 13.6. The number of hydrogen-bond donors (Lipinski definition) is 1. The highest BCUT2D eigenvalue weighted by molar-refractivity contribution is 9.10. The van der Waals surface area contributed by atoms with Crippen molar-refractivity contribution < 1.29 is 9.18 Å². The van der Waals surface area contributed by atoms with E-state index >= 15 is 0 Å². The molecular formula is C13H15BrFNO. The molecule has 0 unspecified atom stereocenters. The molecule has 4 heteroatoms. The molecule has 0 radical (unpaired) electrons. The van der Waals surface area contributed by atoms with Gasteiger partial charge in [-0.1, -0.05) is 15.9 Å². The minimum absolute atomic E-state index is 0.0707. The predicted molar refractivity (Wildman–Crippen MR) is 68.4 cm³/mol. The van der Waals surface area contributed by atoms with Gasteiger partial charge in [-0.05, 0) is 43.9 Å². The van der Waals surface area contributed by atoms with Crippen LogP contribution in [0.15, 0.2) is 22.7 Å². The molecule has 1 saturated carbocycles. The summed E-state index contributed by atoms with van der Waals surface area (Å²) in [7, 11) is 0. The van der Waals surface area contributed by atoms with E-state index < -0.39 is 5.82 Å². The number of ketones is 1. The number of nitrogens with two attached hydrogens (primary N) is 1. The SMILES string of the molecule is NC1CCC(C(=O)c2cc(Br)ccc2F)CC1. The Labute approximate surface area is 109 Å². The van der Waals surface area contributed by atoms with Crippen LogP contribution in [0.1, 0.15) is 36.0 Å². The fourth-order valence-electron chi connectivity index (χ4n) is 2.29. The summed E-state index contributed by atoms with van der Waals surface area (Å²) in [6, 6.07) is 4.69. The van der Waals surface area contributed by atoms with Crippen LogP contribution < -0.4 is 5.73 Å². The van der Waals surface area contributed by atoms with Gasteiger partial charge < -0.3 is 5.73 Å². The minimum Gasteiger partial charge on any atom is -0.328 e. The summed E-state index contributed by atoms with van der Waals surface area (Å²) in [5.74, 6) is -0.595. The van der Waals surface area contributed by atoms with E-state index in [9.17, 15) is 9.18 Å². The standard InChI is InChI=1S/C13H15BrFNO/c14-9-3-6-12(15)11(7-9)13(17)8-1-4-10(16)5-2-8/h3,6-8,10H,1-2,4-5,16H2. The van der Waals surface area contributed by atoms with Gasteiger partial charge in [-0.25, -0.2) is 4.39 Å². The first kappa shape index (κ1) is 12.7. The van der Waals surface area contributed by atoms with E-state index in [0.29, 0.717) is 0 Å². The van der Waals surface area contributed by atoms with E-state index in [1.165, 1.54) is 6.07 Å². The second-order valence-electron chi connectivity index (χ2n) is 4.60. The molecule has 17 heavy (non-hydrogen) atoms. The molecular weight excluding hydrogens is 285 g/mol. The van der Waals surface area contributed by atoms with Gasteiger partial charge in [0.05, 0.1) is 5.56 Å². The average molecular weight is 300 g/mol. The quantitative estimate of drug-likeness (QED) is 0.852. The summed E-state index contributed by atoms with van der Waals surface area (Å²) in [5.41, 5.74) is 5.99. The van der Waals surface area contributed by atoms with Gasteiger partial charge >= 0.3 is 0 Å². The van der Waals surface area contributed by atoms with Gasteiger partial charge in [-0.2, -0.15) is 0 Å². The number of hydrogen-bond acceptors (Lipinski definition) is 2. The smallest absolute Gasteiger partial charge is 0.168 e. The lowest BCUT2D eigenvalue weighted by Crippen LogP contribution is -2.30. The van der Waals surface area contributed by atoms with E-state index in [0.717, 1.165) is 30.2 Å². The molecule has 2 rings (SSSR count). The summed E-state index contributed by atoms with van der Waals surface area (Å²) >= 11 is 3.26. The number of Topliss-reactive ketones (excluding diaryl/α,β-unsaturated/α-hetero) is 1. The van der Waals surface area contributed by atoms with Crippen LogP contribution in [0.4, 0.5) is 4.39 Å². The van der Waals surface area contributed by atoms with E-state index in [2.05, 4.69) is 15.9 Å². The third kappa shape index (κ3) is 2.93. The van der Waals surface area contributed by atoms with Crippen LogP contribution in [0.25, 0.3) is 0 Å². The molecule has 0 amide bonds. The van der Waals surface area contributed by atoms with Crippen LogP contribution in [0.5, 0.6) is 0 Å². The monoisotopic (exact) mass is 299 g/mol. The molecule has 2 N–H and O–H groups in total. The molecule has 0 aliphatic heterocycles. The summed E-state index contributed by atoms with van der Waals surface area (Å²) in [5, 5.41) is 0. The number of halogens is 2. The highest BCUT2D eigenvalue weighted by atomic mass is 79.9. The second-order valence-corrected chi connectivity index (χ2v) is 5.52. The van der Waals surface area contributed by atoms with E-state index in [1.54, 1.807) is 12.1 Å². The molecule has 0 aromatic heterocycles. The lowest BCUT2D eigenvalue weighted by Gasteiger charge is -2.25. The van der Waals surface area contributed by atoms with Gasteiger partial charge in [0.15, 0.2) is 5.78 Å². The highest BCUT2D eigenvalue weighted by Gasteiger charge is 2.27. The summed E-state index contributed by atoms with van der Waals surface area (Å²) in [6.07, 6.45) is 3.25. The number of benzene rings is 1. The first-order valence-electron chi connectivity index (χ1n) is 5.83. The number of carbonyl (C=O) groups is 1. The van der Waals surface area contributed by atoms with Gasteiger partial charge in [0.2, 0.25) is 0 Å². The van der Waals surface area contributed by atoms with Crippen LogP contribution in [0.2, 0.25) is 0 Å². The lowest BCUT2D eigenvalue weighted by molar-refractivity contribution is 0.0880. The average Bonchev–Trinajstić information content (AvgIpc) is 2.32. The Hall–Kier alpha value is -0.740. The summed E-state index contributed by atoms with van der Waals surface area (Å²) in [6.45, 7) is 0. The molecule has 1 aliphatic carbocycles. The lowest BCUT2D eigenvalue weighted by atomic mass is 9.82. The van der Waals surface area contributed by atoms with Crippen molar-refractivity contribution >= 4 is 21.7 Å². The maximum atomic E-state index is 13.6. The van der Waals surface area contributed by atoms with Crippen molar-refractivity contribution in [3.8, 4) is 0 Å². The summed E-state index contributed by atoms with van der Waals surface area (Å²) < 4.78 is 14.3. The third-order valence-electron chi connectivity index (χ3n) is 3.34. The van der Waals surface area contributed by atoms with Crippen LogP contribution in [0, 0.1) is 11.7 Å². The van der Waals surface area contributed by atoms with Gasteiger partial charge in [-0.3, -0.25) is 4.79 Å². The zero-order valence-electron chi connectivity index (χ0n) is 9.46. The Balaban J connectivity index is 2.16. The minimum atomic E-state index is -0.437. The molecule has 1 fully saturated rings. The zero-order chi connectivity index (χ0) is 12.4. The number of rotatable bonds is 2. The molecule has 1 aromatic carbocycles. The van der Waals surface area contributed by atoms with Gasteiger partial charge in [0.25, 0.3) is 0 Å². The summed E-state index contributed by atoms with van der Waals surface area (Å²) in [4.78, 5) is 12.2. The van der Waals surface area contributed by atoms with Crippen molar-refractivity contribution in [2.45, 2.75) is 31.7 Å². The fraction of sp³-hybridized carbons (Fsp3) is 0.462. The molecule has 0 bridgehead atoms. The second kappa shape index (κ2) is 5.27. The predicted octanol–water partition coefficient (Wildman–Crippen LogP) is 3.29. The molecule has 0 saturated heterocycles. The van der Waals surface area contributed by atoms with Gasteiger partial charge in [0, 0.05) is 16.4 Å². The molecule has 1 aromatic rings. The molecule has 92 valence electrons. The van der Waals surface area contributed by atoms with E-state index in [-0.39, 0.29) is 23.3 Å². The topological polar surface area (TPSA) is 43.1 Å². The third-order valence-corrected chi connectivity index (χ3v) is 3.83. The van der Waals surface area contributed by atoms with Gasteiger partial charge in [-0.15, -0.1) is 0 Å². The zero-order valence-corrected chi connectivity index (χ0v) is 11.0. The van der Waals surface area contributed by atoms with E-state index in [4.69, 9.17) is 5.73 Å². The molecule has 1 aliphatic rings. The van der Waals surface area contributed by atoms with Crippen LogP contribution in [-0.2, 0) is 0 Å². The van der Waals surface area contributed by atoms with Crippen molar-refractivity contribution in [3.63, 3.8) is 0 Å². The van der Waals surface area contributed by atoms with Crippen molar-refractivity contribution in [2.24, 2.45) is 11.7 Å². The van der Waals surface area contributed by atoms with Crippen LogP contribution in [-0.4, -0.2) is 11.8 Å². The molecule has 0 heterocycles. The highest BCUT2D eigenvalue weighted by Crippen LogP contribution is 2.28. The largest absolute Gasteiger partial charge is 0.328 e. The number of carbonyl (C=O) groups excluding carboxylic acids is 1. The Kier molecular flexibility index (Phi) is 3.94. The molecule has 2 nitrogen and oxygen atoms in total. The molecule has 0 spiro atoms. The maximum Gasteiger partial charge on any atom is 0.168 e. The Morgan fingerprint density at radius 2 is 1.94 bits per heavy atom. The first-order valence-corrected chi connectivity index (χ1v) is 6.62. The Morgan fingerprint density at radius 1 is 1.29 bits per heavy atom. The Bertz CT molecular complexity index is 427. The van der Waals surface area contributed by atoms with Crippen molar-refractivity contribution in [3.05, 3.63) is 34.1 Å². The fourth-order valence-corrected chi connectivity index (χ4v) is 2.65. The van der Waals surface area contributed by atoms with E-state index in [1.807, 2.05) is 0 Å². The van der Waals surface area contributed by atoms with Crippen molar-refractivity contribution in [1.29, 1.82) is 0 Å². The Morgan fingerprint density at radius 3 is 2.59 bits per heavy atom. The normalized spacial score (nSPS) is 24.6. The first-order chi connectivity index (χ1) is 8.08. The molecule has 0 atom stereocenters. The van der Waals surface area contributed by atoms with Crippen LogP contribution in [0.3, 0.4) is 0 Å². The van der Waals surface area contributed by atoms with Crippen molar-refractivity contribution in [2.75, 3.05) is 0 Å².